The lowest BCUT2D eigenvalue weighted by Crippen LogP contribution is -2.54. The molecule has 1 aromatic rings. The molecule has 0 aromatic heterocycles. The Morgan fingerprint density at radius 3 is 2.45 bits per heavy atom. The summed E-state index contributed by atoms with van der Waals surface area (Å²) in [5.41, 5.74) is 1.11. The van der Waals surface area contributed by atoms with E-state index in [0.717, 1.165) is 37.5 Å². The first-order chi connectivity index (χ1) is 16.0. The number of ether oxygens (including phenoxy) is 1. The Labute approximate surface area is 200 Å². The molecule has 1 N–H and O–H groups in total. The van der Waals surface area contributed by atoms with Crippen LogP contribution in [-0.2, 0) is 9.53 Å². The normalized spacial score (nSPS) is 20.3. The second-order valence-electron chi connectivity index (χ2n) is 9.24. The SMILES string of the molecule is CCOC(=O)c1ccc(NC(=O)N2CCC3(CC2)SCCN3C(=O)CCC2CCCC2)cc1. The molecule has 0 radical (unpaired) electrons. The number of anilines is 1. The van der Waals surface area contributed by atoms with Gasteiger partial charge >= 0.3 is 12.0 Å². The van der Waals surface area contributed by atoms with Crippen LogP contribution in [0.15, 0.2) is 24.3 Å². The molecule has 3 aliphatic rings. The van der Waals surface area contributed by atoms with Crippen molar-refractivity contribution in [2.24, 2.45) is 5.92 Å². The molecule has 2 saturated heterocycles. The van der Waals surface area contributed by atoms with Gasteiger partial charge < -0.3 is 19.9 Å². The van der Waals surface area contributed by atoms with E-state index in [1.807, 2.05) is 16.7 Å². The molecule has 8 heteroatoms. The van der Waals surface area contributed by atoms with Gasteiger partial charge in [0.25, 0.3) is 0 Å². The number of nitrogens with one attached hydrogen (secondary N) is 1. The standard InChI is InChI=1S/C25H35N3O4S/c1-2-32-23(30)20-8-10-21(11-9-20)26-24(31)27-15-13-25(14-16-27)28(17-18-33-25)22(29)12-7-19-5-3-4-6-19/h8-11,19H,2-7,12-18H2,1H3,(H,26,31). The number of piperidine rings is 1. The van der Waals surface area contributed by atoms with E-state index in [2.05, 4.69) is 10.2 Å². The average molecular weight is 474 g/mol. The van der Waals surface area contributed by atoms with Crippen LogP contribution in [0.3, 0.4) is 0 Å². The molecule has 1 spiro atoms. The van der Waals surface area contributed by atoms with E-state index in [9.17, 15) is 14.4 Å². The maximum atomic E-state index is 13.0. The predicted octanol–water partition coefficient (Wildman–Crippen LogP) is 4.73. The number of hydrogen-bond acceptors (Lipinski definition) is 5. The van der Waals surface area contributed by atoms with Crippen molar-refractivity contribution in [1.29, 1.82) is 0 Å². The quantitative estimate of drug-likeness (QED) is 0.604. The lowest BCUT2D eigenvalue weighted by molar-refractivity contribution is -0.135. The Hall–Kier alpha value is -2.22. The zero-order valence-corrected chi connectivity index (χ0v) is 20.3. The van der Waals surface area contributed by atoms with E-state index < -0.39 is 0 Å². The second-order valence-corrected chi connectivity index (χ2v) is 10.7. The van der Waals surface area contributed by atoms with Gasteiger partial charge in [0, 0.05) is 37.5 Å². The minimum Gasteiger partial charge on any atom is -0.462 e. The maximum absolute atomic E-state index is 13.0. The summed E-state index contributed by atoms with van der Waals surface area (Å²) in [6.07, 6.45) is 8.50. The number of carbonyl (C=O) groups is 3. The van der Waals surface area contributed by atoms with Gasteiger partial charge in [-0.1, -0.05) is 25.7 Å². The summed E-state index contributed by atoms with van der Waals surface area (Å²) in [5.74, 6) is 1.64. The first-order valence-electron chi connectivity index (χ1n) is 12.3. The second kappa shape index (κ2) is 10.8. The molecule has 1 saturated carbocycles. The van der Waals surface area contributed by atoms with Crippen molar-refractivity contribution >= 4 is 35.4 Å². The van der Waals surface area contributed by atoms with Crippen LogP contribution in [0.1, 0.15) is 68.6 Å². The topological polar surface area (TPSA) is 79.0 Å². The van der Waals surface area contributed by atoms with Crippen LogP contribution in [0.25, 0.3) is 0 Å². The summed E-state index contributed by atoms with van der Waals surface area (Å²) >= 11 is 1.89. The highest BCUT2D eigenvalue weighted by Crippen LogP contribution is 2.44. The van der Waals surface area contributed by atoms with Gasteiger partial charge in [0.05, 0.1) is 17.0 Å². The third-order valence-electron chi connectivity index (χ3n) is 7.20. The molecule has 4 rings (SSSR count). The molecule has 2 aliphatic heterocycles. The van der Waals surface area contributed by atoms with Crippen LogP contribution in [0, 0.1) is 5.92 Å². The first kappa shape index (κ1) is 23.9. The van der Waals surface area contributed by atoms with Gasteiger partial charge in [-0.05, 0) is 56.4 Å². The minimum absolute atomic E-state index is 0.143. The molecule has 0 bridgehead atoms. The van der Waals surface area contributed by atoms with Crippen LogP contribution in [0.5, 0.6) is 0 Å². The number of rotatable bonds is 6. The zero-order valence-electron chi connectivity index (χ0n) is 19.5. The van der Waals surface area contributed by atoms with Gasteiger partial charge in [-0.15, -0.1) is 11.8 Å². The number of carbonyl (C=O) groups excluding carboxylic acids is 3. The number of nitrogens with zero attached hydrogens (tertiary/aromatic N) is 2. The highest BCUT2D eigenvalue weighted by Gasteiger charge is 2.46. The number of thioether (sulfide) groups is 1. The van der Waals surface area contributed by atoms with E-state index in [4.69, 9.17) is 4.74 Å². The highest BCUT2D eigenvalue weighted by atomic mass is 32.2. The third-order valence-corrected chi connectivity index (χ3v) is 8.75. The smallest absolute Gasteiger partial charge is 0.338 e. The molecule has 0 unspecified atom stereocenters. The van der Waals surface area contributed by atoms with Crippen molar-refractivity contribution in [3.8, 4) is 0 Å². The summed E-state index contributed by atoms with van der Waals surface area (Å²) in [4.78, 5) is 41.4. The average Bonchev–Trinajstić information content (AvgIpc) is 3.49. The Balaban J connectivity index is 1.27. The Kier molecular flexibility index (Phi) is 7.83. The summed E-state index contributed by atoms with van der Waals surface area (Å²) in [6, 6.07) is 6.60. The van der Waals surface area contributed by atoms with Crippen molar-refractivity contribution < 1.29 is 19.1 Å². The zero-order chi connectivity index (χ0) is 23.3. The van der Waals surface area contributed by atoms with Crippen molar-refractivity contribution in [3.05, 3.63) is 29.8 Å². The third kappa shape index (κ3) is 5.65. The largest absolute Gasteiger partial charge is 0.462 e. The van der Waals surface area contributed by atoms with Crippen LogP contribution < -0.4 is 5.32 Å². The molecule has 2 heterocycles. The van der Waals surface area contributed by atoms with Gasteiger partial charge in [0.2, 0.25) is 5.91 Å². The van der Waals surface area contributed by atoms with Crippen LogP contribution >= 0.6 is 11.8 Å². The highest BCUT2D eigenvalue weighted by molar-refractivity contribution is 8.00. The summed E-state index contributed by atoms with van der Waals surface area (Å²) in [7, 11) is 0. The molecule has 7 nitrogen and oxygen atoms in total. The summed E-state index contributed by atoms with van der Waals surface area (Å²) in [5, 5.41) is 2.92. The first-order valence-corrected chi connectivity index (χ1v) is 13.3. The van der Waals surface area contributed by atoms with Crippen molar-refractivity contribution in [1.82, 2.24) is 9.80 Å². The number of esters is 1. The van der Waals surface area contributed by atoms with E-state index in [1.54, 1.807) is 31.2 Å². The monoisotopic (exact) mass is 473 g/mol. The molecular weight excluding hydrogens is 438 g/mol. The molecule has 1 aromatic carbocycles. The maximum Gasteiger partial charge on any atom is 0.338 e. The van der Waals surface area contributed by atoms with Crippen molar-refractivity contribution in [2.45, 2.75) is 63.2 Å². The van der Waals surface area contributed by atoms with Gasteiger partial charge in [0.15, 0.2) is 0 Å². The van der Waals surface area contributed by atoms with Crippen molar-refractivity contribution in [3.63, 3.8) is 0 Å². The van der Waals surface area contributed by atoms with Crippen LogP contribution in [0.4, 0.5) is 10.5 Å². The van der Waals surface area contributed by atoms with E-state index in [1.165, 1.54) is 25.7 Å². The predicted molar refractivity (Wildman–Crippen MR) is 130 cm³/mol. The molecule has 3 fully saturated rings. The van der Waals surface area contributed by atoms with Crippen LogP contribution in [-0.4, -0.2) is 64.6 Å². The number of hydrogen-bond donors (Lipinski definition) is 1. The minimum atomic E-state index is -0.367. The molecule has 33 heavy (non-hydrogen) atoms. The fourth-order valence-electron chi connectivity index (χ4n) is 5.30. The van der Waals surface area contributed by atoms with Gasteiger partial charge in [-0.3, -0.25) is 4.79 Å². The van der Waals surface area contributed by atoms with Gasteiger partial charge in [0.1, 0.15) is 0 Å². The molecule has 0 atom stereocenters. The van der Waals surface area contributed by atoms with E-state index in [-0.39, 0.29) is 16.9 Å². The van der Waals surface area contributed by atoms with E-state index >= 15 is 0 Å². The van der Waals surface area contributed by atoms with Crippen LogP contribution in [0.2, 0.25) is 0 Å². The number of amides is 3. The van der Waals surface area contributed by atoms with E-state index in [0.29, 0.717) is 43.3 Å². The number of urea groups is 1. The van der Waals surface area contributed by atoms with Gasteiger partial charge in [-0.25, -0.2) is 9.59 Å². The lowest BCUT2D eigenvalue weighted by Gasteiger charge is -2.44. The Bertz CT molecular complexity index is 846. The summed E-state index contributed by atoms with van der Waals surface area (Å²) in [6.45, 7) is 4.19. The van der Waals surface area contributed by atoms with Gasteiger partial charge in [-0.2, -0.15) is 0 Å². The van der Waals surface area contributed by atoms with Crippen molar-refractivity contribution in [2.75, 3.05) is 37.3 Å². The fourth-order valence-corrected chi connectivity index (χ4v) is 6.78. The Morgan fingerprint density at radius 1 is 1.09 bits per heavy atom. The lowest BCUT2D eigenvalue weighted by atomic mass is 9.99. The molecule has 1 aliphatic carbocycles. The molecule has 3 amide bonds. The Morgan fingerprint density at radius 2 is 1.79 bits per heavy atom. The number of benzene rings is 1. The summed E-state index contributed by atoms with van der Waals surface area (Å²) < 4.78 is 4.99. The fraction of sp³-hybridized carbons (Fsp3) is 0.640. The molecule has 180 valence electrons. The number of likely N-dealkylation sites (tertiary alicyclic amines) is 1. The molecular formula is C25H35N3O4S.